The van der Waals surface area contributed by atoms with Crippen LogP contribution in [-0.2, 0) is 0 Å². The summed E-state index contributed by atoms with van der Waals surface area (Å²) in [6.45, 7) is 2.00. The molecule has 0 spiro atoms. The molecule has 18 heavy (non-hydrogen) atoms. The number of para-hydroxylation sites is 1. The average Bonchev–Trinajstić information content (AvgIpc) is 2.38. The van der Waals surface area contributed by atoms with E-state index in [1.165, 1.54) is 12.4 Å². The Labute approximate surface area is 105 Å². The van der Waals surface area contributed by atoms with Gasteiger partial charge in [-0.15, -0.1) is 0 Å². The van der Waals surface area contributed by atoms with Crippen LogP contribution in [0.2, 0.25) is 0 Å². The number of carboxylic acid groups (broad SMARTS) is 1. The highest BCUT2D eigenvalue weighted by Crippen LogP contribution is 2.23. The highest BCUT2D eigenvalue weighted by molar-refractivity contribution is 5.86. The molecule has 0 aliphatic rings. The number of aryl methyl sites for hydroxylation is 1. The number of benzene rings is 1. The largest absolute Gasteiger partial charge is 0.478 e. The number of carboxylic acids is 1. The molecule has 0 amide bonds. The molecule has 1 aromatic heterocycles. The van der Waals surface area contributed by atoms with Gasteiger partial charge < -0.3 is 10.0 Å². The number of carbonyl (C=O) groups is 1. The first-order valence-electron chi connectivity index (χ1n) is 5.44. The maximum absolute atomic E-state index is 10.7. The molecule has 2 rings (SSSR count). The summed E-state index contributed by atoms with van der Waals surface area (Å²) in [4.78, 5) is 20.6. The van der Waals surface area contributed by atoms with Crippen molar-refractivity contribution in [1.82, 2.24) is 9.97 Å². The summed E-state index contributed by atoms with van der Waals surface area (Å²) in [5.41, 5.74) is 2.17. The van der Waals surface area contributed by atoms with Crippen molar-refractivity contribution in [1.29, 1.82) is 0 Å². The highest BCUT2D eigenvalue weighted by atomic mass is 16.4. The quantitative estimate of drug-likeness (QED) is 0.895. The first-order valence-corrected chi connectivity index (χ1v) is 5.44. The van der Waals surface area contributed by atoms with Gasteiger partial charge in [0.15, 0.2) is 0 Å². The molecule has 2 aromatic rings. The van der Waals surface area contributed by atoms with Crippen molar-refractivity contribution in [3.8, 4) is 0 Å². The Morgan fingerprint density at radius 1 is 1.22 bits per heavy atom. The van der Waals surface area contributed by atoms with E-state index in [4.69, 9.17) is 5.11 Å². The third kappa shape index (κ3) is 2.29. The third-order valence-electron chi connectivity index (χ3n) is 2.66. The Hall–Kier alpha value is -2.43. The van der Waals surface area contributed by atoms with Crippen LogP contribution in [0, 0.1) is 6.92 Å². The predicted molar refractivity (Wildman–Crippen MR) is 68.2 cm³/mol. The Morgan fingerprint density at radius 2 is 1.83 bits per heavy atom. The van der Waals surface area contributed by atoms with Crippen molar-refractivity contribution in [2.24, 2.45) is 0 Å². The van der Waals surface area contributed by atoms with Crippen LogP contribution in [0.1, 0.15) is 15.9 Å². The minimum atomic E-state index is -1.03. The van der Waals surface area contributed by atoms with Crippen LogP contribution in [0.3, 0.4) is 0 Å². The van der Waals surface area contributed by atoms with E-state index in [1.807, 2.05) is 43.1 Å². The zero-order valence-corrected chi connectivity index (χ0v) is 10.2. The zero-order chi connectivity index (χ0) is 13.1. The van der Waals surface area contributed by atoms with Gasteiger partial charge in [-0.1, -0.05) is 18.2 Å². The van der Waals surface area contributed by atoms with Crippen LogP contribution in [0.4, 0.5) is 11.6 Å². The van der Waals surface area contributed by atoms with E-state index in [2.05, 4.69) is 9.97 Å². The molecule has 5 heteroatoms. The van der Waals surface area contributed by atoms with Gasteiger partial charge in [-0.05, 0) is 18.6 Å². The second-order valence-corrected chi connectivity index (χ2v) is 3.92. The first kappa shape index (κ1) is 12.0. The number of rotatable bonds is 3. The molecule has 1 heterocycles. The lowest BCUT2D eigenvalue weighted by Crippen LogP contribution is -2.14. The molecular weight excluding hydrogens is 230 g/mol. The molecule has 0 aliphatic carbocycles. The Balaban J connectivity index is 2.32. The molecule has 0 aliphatic heterocycles. The number of hydrogen-bond acceptors (Lipinski definition) is 4. The Kier molecular flexibility index (Phi) is 3.23. The SMILES string of the molecule is Cc1ccccc1N(C)c1ncc(C(=O)O)cn1. The molecule has 0 bridgehead atoms. The van der Waals surface area contributed by atoms with Crippen molar-refractivity contribution in [3.05, 3.63) is 47.8 Å². The lowest BCUT2D eigenvalue weighted by atomic mass is 10.2. The van der Waals surface area contributed by atoms with Crippen molar-refractivity contribution < 1.29 is 9.90 Å². The average molecular weight is 243 g/mol. The van der Waals surface area contributed by atoms with Gasteiger partial charge in [0.05, 0.1) is 5.56 Å². The van der Waals surface area contributed by atoms with E-state index in [0.29, 0.717) is 5.95 Å². The zero-order valence-electron chi connectivity index (χ0n) is 10.2. The van der Waals surface area contributed by atoms with Crippen LogP contribution in [-0.4, -0.2) is 28.1 Å². The fraction of sp³-hybridized carbons (Fsp3) is 0.154. The van der Waals surface area contributed by atoms with Gasteiger partial charge in [-0.3, -0.25) is 0 Å². The van der Waals surface area contributed by atoms with Crippen LogP contribution in [0.5, 0.6) is 0 Å². The number of nitrogens with zero attached hydrogens (tertiary/aromatic N) is 3. The molecule has 0 saturated heterocycles. The maximum Gasteiger partial charge on any atom is 0.338 e. The predicted octanol–water partition coefficient (Wildman–Crippen LogP) is 2.25. The summed E-state index contributed by atoms with van der Waals surface area (Å²) in [5, 5.41) is 8.78. The number of aromatic carboxylic acids is 1. The number of hydrogen-bond donors (Lipinski definition) is 1. The van der Waals surface area contributed by atoms with Crippen molar-refractivity contribution in [3.63, 3.8) is 0 Å². The van der Waals surface area contributed by atoms with Gasteiger partial charge in [0.2, 0.25) is 5.95 Å². The second-order valence-electron chi connectivity index (χ2n) is 3.92. The molecule has 5 nitrogen and oxygen atoms in total. The van der Waals surface area contributed by atoms with Gasteiger partial charge in [0, 0.05) is 25.1 Å². The topological polar surface area (TPSA) is 66.3 Å². The van der Waals surface area contributed by atoms with E-state index in [-0.39, 0.29) is 5.56 Å². The van der Waals surface area contributed by atoms with Gasteiger partial charge in [-0.2, -0.15) is 0 Å². The van der Waals surface area contributed by atoms with Crippen molar-refractivity contribution in [2.45, 2.75) is 6.92 Å². The molecule has 1 N–H and O–H groups in total. The molecule has 1 aromatic carbocycles. The summed E-state index contributed by atoms with van der Waals surface area (Å²) in [6.07, 6.45) is 2.61. The minimum absolute atomic E-state index is 0.0805. The monoisotopic (exact) mass is 243 g/mol. The normalized spacial score (nSPS) is 10.1. The fourth-order valence-corrected chi connectivity index (χ4v) is 1.65. The lowest BCUT2D eigenvalue weighted by molar-refractivity contribution is 0.0696. The van der Waals surface area contributed by atoms with E-state index >= 15 is 0 Å². The van der Waals surface area contributed by atoms with Crippen LogP contribution < -0.4 is 4.90 Å². The minimum Gasteiger partial charge on any atom is -0.478 e. The summed E-state index contributed by atoms with van der Waals surface area (Å²) in [6, 6.07) is 7.85. The molecule has 0 unspecified atom stereocenters. The first-order chi connectivity index (χ1) is 8.59. The molecule has 0 saturated carbocycles. The lowest BCUT2D eigenvalue weighted by Gasteiger charge is -2.18. The van der Waals surface area contributed by atoms with Crippen molar-refractivity contribution >= 4 is 17.6 Å². The summed E-state index contributed by atoms with van der Waals surface area (Å²) in [7, 11) is 1.85. The van der Waals surface area contributed by atoms with E-state index in [9.17, 15) is 4.79 Å². The maximum atomic E-state index is 10.7. The van der Waals surface area contributed by atoms with Crippen LogP contribution in [0.25, 0.3) is 0 Å². The Morgan fingerprint density at radius 3 is 2.39 bits per heavy atom. The Bertz CT molecular complexity index is 567. The van der Waals surface area contributed by atoms with E-state index in [1.54, 1.807) is 0 Å². The summed E-state index contributed by atoms with van der Waals surface area (Å²) >= 11 is 0. The standard InChI is InChI=1S/C13H13N3O2/c1-9-5-3-4-6-11(9)16(2)13-14-7-10(8-15-13)12(17)18/h3-8H,1-2H3,(H,17,18). The summed E-state index contributed by atoms with van der Waals surface area (Å²) in [5.74, 6) is -0.561. The van der Waals surface area contributed by atoms with Gasteiger partial charge >= 0.3 is 5.97 Å². The summed E-state index contributed by atoms with van der Waals surface area (Å²) < 4.78 is 0. The van der Waals surface area contributed by atoms with Crippen LogP contribution in [0.15, 0.2) is 36.7 Å². The van der Waals surface area contributed by atoms with E-state index < -0.39 is 5.97 Å². The molecule has 0 radical (unpaired) electrons. The van der Waals surface area contributed by atoms with Gasteiger partial charge in [-0.25, -0.2) is 14.8 Å². The molecule has 0 atom stereocenters. The third-order valence-corrected chi connectivity index (χ3v) is 2.66. The number of anilines is 2. The van der Waals surface area contributed by atoms with Gasteiger partial charge in [0.1, 0.15) is 0 Å². The molecule has 92 valence electrons. The second kappa shape index (κ2) is 4.83. The fourth-order valence-electron chi connectivity index (χ4n) is 1.65. The molecule has 0 fully saturated rings. The van der Waals surface area contributed by atoms with Crippen LogP contribution >= 0.6 is 0 Å². The number of aromatic nitrogens is 2. The van der Waals surface area contributed by atoms with Crippen molar-refractivity contribution in [2.75, 3.05) is 11.9 Å². The van der Waals surface area contributed by atoms with Gasteiger partial charge in [0.25, 0.3) is 0 Å². The highest BCUT2D eigenvalue weighted by Gasteiger charge is 2.10. The van der Waals surface area contributed by atoms with E-state index in [0.717, 1.165) is 11.3 Å². The smallest absolute Gasteiger partial charge is 0.338 e. The molecular formula is C13H13N3O2.